The fraction of sp³-hybridized carbons (Fsp3) is 0.611. The Bertz CT molecular complexity index is 470. The Labute approximate surface area is 133 Å². The van der Waals surface area contributed by atoms with E-state index < -0.39 is 0 Å². The third kappa shape index (κ3) is 4.73. The number of amides is 1. The highest BCUT2D eigenvalue weighted by Gasteiger charge is 2.21. The summed E-state index contributed by atoms with van der Waals surface area (Å²) in [5, 5.41) is 3.02. The fourth-order valence-electron chi connectivity index (χ4n) is 3.23. The van der Waals surface area contributed by atoms with Crippen molar-refractivity contribution in [2.45, 2.75) is 51.6 Å². The zero-order valence-corrected chi connectivity index (χ0v) is 13.8. The summed E-state index contributed by atoms with van der Waals surface area (Å²) >= 11 is 0. The molecule has 0 spiro atoms. The van der Waals surface area contributed by atoms with Crippen molar-refractivity contribution in [3.63, 3.8) is 0 Å². The van der Waals surface area contributed by atoms with Crippen LogP contribution in [-0.2, 0) is 11.3 Å². The zero-order valence-electron chi connectivity index (χ0n) is 13.8. The number of para-hydroxylation sites is 1. The molecule has 1 aliphatic carbocycles. The van der Waals surface area contributed by atoms with Gasteiger partial charge in [0.1, 0.15) is 5.75 Å². The van der Waals surface area contributed by atoms with Crippen LogP contribution in [0.4, 0.5) is 0 Å². The van der Waals surface area contributed by atoms with Crippen LogP contribution in [-0.4, -0.2) is 37.0 Å². The number of benzene rings is 1. The predicted molar refractivity (Wildman–Crippen MR) is 89.0 cm³/mol. The molecule has 0 aromatic heterocycles. The van der Waals surface area contributed by atoms with E-state index in [-0.39, 0.29) is 5.91 Å². The van der Waals surface area contributed by atoms with Crippen LogP contribution in [0.3, 0.4) is 0 Å². The Morgan fingerprint density at radius 1 is 1.27 bits per heavy atom. The van der Waals surface area contributed by atoms with Crippen molar-refractivity contribution < 1.29 is 9.53 Å². The minimum absolute atomic E-state index is 0.0957. The highest BCUT2D eigenvalue weighted by molar-refractivity contribution is 5.78. The number of methoxy groups -OCH3 is 1. The second-order valence-corrected chi connectivity index (χ2v) is 5.94. The lowest BCUT2D eigenvalue weighted by Crippen LogP contribution is -2.43. The Kier molecular flexibility index (Phi) is 6.72. The van der Waals surface area contributed by atoms with Crippen LogP contribution in [0.2, 0.25) is 0 Å². The third-order valence-electron chi connectivity index (χ3n) is 4.51. The molecular formula is C18H28N2O2. The molecule has 1 amide bonds. The number of rotatable bonds is 7. The average Bonchev–Trinajstić information content (AvgIpc) is 2.58. The van der Waals surface area contributed by atoms with Gasteiger partial charge in [-0.1, -0.05) is 44.4 Å². The van der Waals surface area contributed by atoms with E-state index in [2.05, 4.69) is 17.1 Å². The molecule has 122 valence electrons. The number of carbonyl (C=O) groups excluding carboxylic acids is 1. The van der Waals surface area contributed by atoms with Gasteiger partial charge in [-0.3, -0.25) is 9.69 Å². The van der Waals surface area contributed by atoms with Crippen molar-refractivity contribution in [2.24, 2.45) is 0 Å². The highest BCUT2D eigenvalue weighted by atomic mass is 16.5. The monoisotopic (exact) mass is 304 g/mol. The van der Waals surface area contributed by atoms with Crippen LogP contribution in [0.5, 0.6) is 5.75 Å². The Morgan fingerprint density at radius 2 is 2.00 bits per heavy atom. The number of hydrogen-bond acceptors (Lipinski definition) is 3. The van der Waals surface area contributed by atoms with Gasteiger partial charge in [-0.2, -0.15) is 0 Å². The smallest absolute Gasteiger partial charge is 0.234 e. The normalized spacial score (nSPS) is 15.8. The lowest BCUT2D eigenvalue weighted by Gasteiger charge is -2.32. The van der Waals surface area contributed by atoms with E-state index in [0.29, 0.717) is 19.1 Å². The fourth-order valence-corrected chi connectivity index (χ4v) is 3.23. The lowest BCUT2D eigenvalue weighted by molar-refractivity contribution is -0.123. The van der Waals surface area contributed by atoms with Gasteiger partial charge in [-0.15, -0.1) is 0 Å². The molecule has 0 aliphatic heterocycles. The lowest BCUT2D eigenvalue weighted by atomic mass is 9.94. The largest absolute Gasteiger partial charge is 0.496 e. The molecule has 4 nitrogen and oxygen atoms in total. The zero-order chi connectivity index (χ0) is 15.8. The number of nitrogens with one attached hydrogen (secondary N) is 1. The summed E-state index contributed by atoms with van der Waals surface area (Å²) in [7, 11) is 1.66. The second-order valence-electron chi connectivity index (χ2n) is 5.94. The Balaban J connectivity index is 1.83. The molecule has 0 radical (unpaired) electrons. The van der Waals surface area contributed by atoms with Crippen LogP contribution in [0.15, 0.2) is 24.3 Å². The van der Waals surface area contributed by atoms with E-state index in [9.17, 15) is 4.79 Å². The van der Waals surface area contributed by atoms with E-state index in [1.165, 1.54) is 32.1 Å². The summed E-state index contributed by atoms with van der Waals surface area (Å²) < 4.78 is 5.31. The van der Waals surface area contributed by atoms with Crippen LogP contribution >= 0.6 is 0 Å². The minimum Gasteiger partial charge on any atom is -0.496 e. The van der Waals surface area contributed by atoms with Gasteiger partial charge in [-0.25, -0.2) is 0 Å². The van der Waals surface area contributed by atoms with E-state index in [0.717, 1.165) is 17.9 Å². The number of nitrogens with zero attached hydrogens (tertiary/aromatic N) is 1. The van der Waals surface area contributed by atoms with Gasteiger partial charge >= 0.3 is 0 Å². The van der Waals surface area contributed by atoms with Crippen molar-refractivity contribution in [3.05, 3.63) is 29.8 Å². The summed E-state index contributed by atoms with van der Waals surface area (Å²) in [4.78, 5) is 14.6. The van der Waals surface area contributed by atoms with Crippen molar-refractivity contribution >= 4 is 5.91 Å². The second kappa shape index (κ2) is 8.79. The molecule has 0 heterocycles. The molecule has 0 saturated heterocycles. The van der Waals surface area contributed by atoms with Crippen molar-refractivity contribution in [3.8, 4) is 5.75 Å². The number of likely N-dealkylation sites (N-methyl/N-ethyl adjacent to an activating group) is 1. The van der Waals surface area contributed by atoms with E-state index in [1.54, 1.807) is 7.11 Å². The molecule has 0 atom stereocenters. The SMILES string of the molecule is CCN(CC(=O)NCc1ccccc1OC)C1CCCCC1. The number of carbonyl (C=O) groups is 1. The molecule has 1 N–H and O–H groups in total. The summed E-state index contributed by atoms with van der Waals surface area (Å²) in [6.45, 7) is 4.09. The van der Waals surface area contributed by atoms with E-state index in [1.807, 2.05) is 24.3 Å². The van der Waals surface area contributed by atoms with Crippen LogP contribution in [0, 0.1) is 0 Å². The maximum Gasteiger partial charge on any atom is 0.234 e. The van der Waals surface area contributed by atoms with Gasteiger partial charge in [0, 0.05) is 18.2 Å². The maximum atomic E-state index is 12.2. The van der Waals surface area contributed by atoms with Crippen molar-refractivity contribution in [1.82, 2.24) is 10.2 Å². The first-order valence-electron chi connectivity index (χ1n) is 8.37. The average molecular weight is 304 g/mol. The van der Waals surface area contributed by atoms with E-state index >= 15 is 0 Å². The standard InChI is InChI=1S/C18H28N2O2/c1-3-20(16-10-5-4-6-11-16)14-18(21)19-13-15-9-7-8-12-17(15)22-2/h7-9,12,16H,3-6,10-11,13-14H2,1-2H3,(H,19,21). The molecule has 1 aromatic carbocycles. The molecule has 0 bridgehead atoms. The number of hydrogen-bond donors (Lipinski definition) is 1. The molecule has 2 rings (SSSR count). The summed E-state index contributed by atoms with van der Waals surface area (Å²) in [5.41, 5.74) is 1.01. The van der Waals surface area contributed by atoms with Crippen LogP contribution in [0.25, 0.3) is 0 Å². The quantitative estimate of drug-likeness (QED) is 0.842. The highest BCUT2D eigenvalue weighted by Crippen LogP contribution is 2.22. The molecule has 1 aromatic rings. The van der Waals surface area contributed by atoms with Gasteiger partial charge in [0.2, 0.25) is 5.91 Å². The Morgan fingerprint density at radius 3 is 2.68 bits per heavy atom. The predicted octanol–water partition coefficient (Wildman–Crippen LogP) is 2.97. The maximum absolute atomic E-state index is 12.2. The molecule has 1 fully saturated rings. The number of ether oxygens (including phenoxy) is 1. The van der Waals surface area contributed by atoms with Gasteiger partial charge in [0.05, 0.1) is 13.7 Å². The first kappa shape index (κ1) is 16.8. The summed E-state index contributed by atoms with van der Waals surface area (Å²) in [5.74, 6) is 0.917. The van der Waals surface area contributed by atoms with E-state index in [4.69, 9.17) is 4.74 Å². The Hall–Kier alpha value is -1.55. The molecule has 0 unspecified atom stereocenters. The van der Waals surface area contributed by atoms with Gasteiger partial charge < -0.3 is 10.1 Å². The molecule has 4 heteroatoms. The van der Waals surface area contributed by atoms with Crippen LogP contribution in [0.1, 0.15) is 44.6 Å². The first-order valence-corrected chi connectivity index (χ1v) is 8.37. The van der Waals surface area contributed by atoms with Gasteiger partial charge in [0.15, 0.2) is 0 Å². The third-order valence-corrected chi connectivity index (χ3v) is 4.51. The van der Waals surface area contributed by atoms with Gasteiger partial charge in [0.25, 0.3) is 0 Å². The van der Waals surface area contributed by atoms with Crippen molar-refractivity contribution in [1.29, 1.82) is 0 Å². The molecule has 22 heavy (non-hydrogen) atoms. The summed E-state index contributed by atoms with van der Waals surface area (Å²) in [6, 6.07) is 8.38. The summed E-state index contributed by atoms with van der Waals surface area (Å²) in [6.07, 6.45) is 6.39. The topological polar surface area (TPSA) is 41.6 Å². The molecule has 1 saturated carbocycles. The van der Waals surface area contributed by atoms with Crippen molar-refractivity contribution in [2.75, 3.05) is 20.2 Å². The minimum atomic E-state index is 0.0957. The molecule has 1 aliphatic rings. The first-order chi connectivity index (χ1) is 10.7. The van der Waals surface area contributed by atoms with Gasteiger partial charge in [-0.05, 0) is 25.5 Å². The van der Waals surface area contributed by atoms with Crippen LogP contribution < -0.4 is 10.1 Å². The molecular weight excluding hydrogens is 276 g/mol.